The van der Waals surface area contributed by atoms with Gasteiger partial charge in [0, 0.05) is 0 Å². The molecule has 0 aliphatic heterocycles. The van der Waals surface area contributed by atoms with Crippen molar-refractivity contribution in [3.63, 3.8) is 0 Å². The summed E-state index contributed by atoms with van der Waals surface area (Å²) in [5, 5.41) is 0. The van der Waals surface area contributed by atoms with Crippen molar-refractivity contribution < 1.29 is 22.2 Å². The summed E-state index contributed by atoms with van der Waals surface area (Å²) in [5.41, 5.74) is 0.290. The van der Waals surface area contributed by atoms with Gasteiger partial charge in [-0.2, -0.15) is 13.4 Å². The first-order valence-corrected chi connectivity index (χ1v) is 5.15. The first-order valence-electron chi connectivity index (χ1n) is 3.79. The lowest BCUT2D eigenvalue weighted by atomic mass is 10.3. The molecule has 0 saturated carbocycles. The summed E-state index contributed by atoms with van der Waals surface area (Å²) in [6.07, 6.45) is 2.17. The van der Waals surface area contributed by atoms with Crippen LogP contribution >= 0.6 is 0 Å². The maximum absolute atomic E-state index is 10.9. The standard InChI is InChI=1S/C8H4N2O5S/c11-5-9-7-1-3-8(4-2-7)15-16(13,14)10-6-12/h1-4H. The fourth-order valence-electron chi connectivity index (χ4n) is 0.815. The Balaban J connectivity index is 2.92. The minimum absolute atomic E-state index is 0.0659. The van der Waals surface area contributed by atoms with Crippen LogP contribution in [0.15, 0.2) is 33.7 Å². The van der Waals surface area contributed by atoms with Crippen molar-refractivity contribution in [1.82, 2.24) is 0 Å². The number of rotatable bonds is 4. The molecule has 0 heterocycles. The number of isocyanates is 2. The minimum atomic E-state index is -4.32. The van der Waals surface area contributed by atoms with E-state index in [0.29, 0.717) is 5.69 Å². The minimum Gasteiger partial charge on any atom is -0.365 e. The molecule has 0 atom stereocenters. The van der Waals surface area contributed by atoms with E-state index in [0.717, 1.165) is 6.08 Å². The van der Waals surface area contributed by atoms with Crippen LogP contribution in [0.1, 0.15) is 0 Å². The van der Waals surface area contributed by atoms with E-state index < -0.39 is 10.3 Å². The van der Waals surface area contributed by atoms with Crippen LogP contribution in [0.5, 0.6) is 5.75 Å². The Bertz CT molecular complexity index is 565. The summed E-state index contributed by atoms with van der Waals surface area (Å²) in [4.78, 5) is 22.9. The number of hydrogen-bond acceptors (Lipinski definition) is 6. The summed E-state index contributed by atoms with van der Waals surface area (Å²) < 4.78 is 28.6. The molecular weight excluding hydrogens is 236 g/mol. The second kappa shape index (κ2) is 4.99. The van der Waals surface area contributed by atoms with Gasteiger partial charge in [-0.25, -0.2) is 9.59 Å². The van der Waals surface area contributed by atoms with Crippen molar-refractivity contribution >= 4 is 28.2 Å². The van der Waals surface area contributed by atoms with Gasteiger partial charge in [-0.15, -0.1) is 0 Å². The Labute approximate surface area is 90.4 Å². The molecule has 1 aromatic carbocycles. The zero-order valence-electron chi connectivity index (χ0n) is 7.65. The van der Waals surface area contributed by atoms with Crippen LogP contribution in [-0.2, 0) is 19.9 Å². The van der Waals surface area contributed by atoms with Crippen molar-refractivity contribution in [2.75, 3.05) is 0 Å². The Morgan fingerprint density at radius 3 is 2.19 bits per heavy atom. The van der Waals surface area contributed by atoms with Gasteiger partial charge in [-0.05, 0) is 28.7 Å². The Morgan fingerprint density at radius 1 is 1.06 bits per heavy atom. The summed E-state index contributed by atoms with van der Waals surface area (Å²) in [6.45, 7) is 0. The quantitative estimate of drug-likeness (QED) is 0.566. The van der Waals surface area contributed by atoms with Crippen LogP contribution in [0.2, 0.25) is 0 Å². The summed E-state index contributed by atoms with van der Waals surface area (Å²) >= 11 is 0. The third-order valence-electron chi connectivity index (χ3n) is 1.36. The molecule has 1 aromatic rings. The van der Waals surface area contributed by atoms with Crippen LogP contribution in [0.25, 0.3) is 0 Å². The molecule has 0 aromatic heterocycles. The SMILES string of the molecule is O=C=Nc1ccc(OS(=O)(=O)N=C=O)cc1. The molecule has 0 N–H and O–H groups in total. The third-order valence-corrected chi connectivity index (χ3v) is 2.06. The van der Waals surface area contributed by atoms with Gasteiger partial charge in [0.1, 0.15) is 5.75 Å². The van der Waals surface area contributed by atoms with Crippen molar-refractivity contribution in [1.29, 1.82) is 0 Å². The fourth-order valence-corrected chi connectivity index (χ4v) is 1.30. The lowest BCUT2D eigenvalue weighted by molar-refractivity contribution is 0.487. The van der Waals surface area contributed by atoms with Crippen LogP contribution < -0.4 is 4.18 Å². The van der Waals surface area contributed by atoms with E-state index in [1.807, 2.05) is 0 Å². The maximum Gasteiger partial charge on any atom is 0.439 e. The van der Waals surface area contributed by atoms with Gasteiger partial charge in [-0.1, -0.05) is 0 Å². The predicted molar refractivity (Wildman–Crippen MR) is 51.9 cm³/mol. The van der Waals surface area contributed by atoms with E-state index in [1.165, 1.54) is 30.3 Å². The van der Waals surface area contributed by atoms with E-state index in [4.69, 9.17) is 0 Å². The largest absolute Gasteiger partial charge is 0.439 e. The highest BCUT2D eigenvalue weighted by Gasteiger charge is 2.09. The normalized spacial score (nSPS) is 9.75. The lowest BCUT2D eigenvalue weighted by Gasteiger charge is -2.00. The number of aliphatic imine (C=N–C) groups is 1. The van der Waals surface area contributed by atoms with Crippen LogP contribution in [-0.4, -0.2) is 20.6 Å². The van der Waals surface area contributed by atoms with Crippen molar-refractivity contribution in [3.05, 3.63) is 24.3 Å². The second-order valence-electron chi connectivity index (χ2n) is 2.39. The van der Waals surface area contributed by atoms with E-state index in [2.05, 4.69) is 13.6 Å². The van der Waals surface area contributed by atoms with Gasteiger partial charge in [0.25, 0.3) is 6.08 Å². The molecule has 0 unspecified atom stereocenters. The molecule has 1 rings (SSSR count). The van der Waals surface area contributed by atoms with Crippen LogP contribution in [0.3, 0.4) is 0 Å². The molecule has 0 aliphatic rings. The van der Waals surface area contributed by atoms with Crippen molar-refractivity contribution in [2.45, 2.75) is 0 Å². The van der Waals surface area contributed by atoms with Gasteiger partial charge in [0.15, 0.2) is 0 Å². The predicted octanol–water partition coefficient (Wildman–Crippen LogP) is 0.613. The first kappa shape index (κ1) is 11.8. The summed E-state index contributed by atoms with van der Waals surface area (Å²) in [5.74, 6) is -0.0659. The Kier molecular flexibility index (Phi) is 3.68. The molecule has 8 heteroatoms. The van der Waals surface area contributed by atoms with Gasteiger partial charge < -0.3 is 4.18 Å². The van der Waals surface area contributed by atoms with Crippen LogP contribution in [0.4, 0.5) is 5.69 Å². The molecule has 0 amide bonds. The fraction of sp³-hybridized carbons (Fsp3) is 0. The highest BCUT2D eigenvalue weighted by molar-refractivity contribution is 7.85. The molecule has 0 aliphatic carbocycles. The third kappa shape index (κ3) is 3.47. The molecule has 0 radical (unpaired) electrons. The van der Waals surface area contributed by atoms with Gasteiger partial charge >= 0.3 is 10.3 Å². The van der Waals surface area contributed by atoms with E-state index in [9.17, 15) is 18.0 Å². The number of nitrogens with zero attached hydrogens (tertiary/aromatic N) is 2. The topological polar surface area (TPSA) is 102 Å². The molecule has 0 saturated heterocycles. The Hall–Kier alpha value is -2.27. The number of hydrogen-bond donors (Lipinski definition) is 0. The number of carbonyl (C=O) groups excluding carboxylic acids is 2. The zero-order valence-corrected chi connectivity index (χ0v) is 8.47. The van der Waals surface area contributed by atoms with Crippen LogP contribution in [0, 0.1) is 0 Å². The first-order chi connectivity index (χ1) is 7.57. The van der Waals surface area contributed by atoms with Crippen molar-refractivity contribution in [2.24, 2.45) is 9.39 Å². The zero-order chi connectivity index (χ0) is 12.0. The molecule has 0 fully saturated rings. The van der Waals surface area contributed by atoms with Gasteiger partial charge in [-0.3, -0.25) is 0 Å². The molecule has 7 nitrogen and oxygen atoms in total. The smallest absolute Gasteiger partial charge is 0.365 e. The average Bonchev–Trinajstić information content (AvgIpc) is 2.21. The van der Waals surface area contributed by atoms with Gasteiger partial charge in [0.05, 0.1) is 5.69 Å². The van der Waals surface area contributed by atoms with E-state index >= 15 is 0 Å². The van der Waals surface area contributed by atoms with E-state index in [1.54, 1.807) is 0 Å². The molecule has 0 spiro atoms. The lowest BCUT2D eigenvalue weighted by Crippen LogP contribution is -2.04. The van der Waals surface area contributed by atoms with E-state index in [-0.39, 0.29) is 5.75 Å². The molecule has 0 bridgehead atoms. The monoisotopic (exact) mass is 240 g/mol. The maximum atomic E-state index is 10.9. The molecular formula is C8H4N2O5S. The summed E-state index contributed by atoms with van der Waals surface area (Å²) in [6, 6.07) is 5.16. The molecule has 16 heavy (non-hydrogen) atoms. The number of benzene rings is 1. The molecule has 82 valence electrons. The van der Waals surface area contributed by atoms with Crippen molar-refractivity contribution in [3.8, 4) is 5.75 Å². The second-order valence-corrected chi connectivity index (χ2v) is 3.60. The average molecular weight is 240 g/mol. The Morgan fingerprint density at radius 2 is 1.69 bits per heavy atom. The summed E-state index contributed by atoms with van der Waals surface area (Å²) in [7, 11) is -4.32. The van der Waals surface area contributed by atoms with Gasteiger partial charge in [0.2, 0.25) is 6.08 Å². The highest BCUT2D eigenvalue weighted by atomic mass is 32.2. The highest BCUT2D eigenvalue weighted by Crippen LogP contribution is 2.19.